The van der Waals surface area contributed by atoms with Crippen molar-refractivity contribution in [3.8, 4) is 11.3 Å². The fourth-order valence-electron chi connectivity index (χ4n) is 2.91. The minimum Gasteiger partial charge on any atom is -0.306 e. The van der Waals surface area contributed by atoms with Gasteiger partial charge in [0.1, 0.15) is 23.0 Å². The molecule has 1 aliphatic carbocycles. The van der Waals surface area contributed by atoms with E-state index in [1.165, 1.54) is 12.1 Å². The number of nitrogens with zero attached hydrogens (tertiary/aromatic N) is 3. The van der Waals surface area contributed by atoms with Gasteiger partial charge in [0.05, 0.1) is 17.0 Å². The van der Waals surface area contributed by atoms with Crippen molar-refractivity contribution >= 4 is 11.7 Å². The van der Waals surface area contributed by atoms with Crippen LogP contribution in [0.3, 0.4) is 0 Å². The summed E-state index contributed by atoms with van der Waals surface area (Å²) in [5.41, 5.74) is 0.968. The number of hydrogen-bond acceptors (Lipinski definition) is 3. The Morgan fingerprint density at radius 2 is 1.76 bits per heavy atom. The summed E-state index contributed by atoms with van der Waals surface area (Å²) in [5.74, 6) is -3.59. The number of carbonyl (C=O) groups is 1. The average molecular weight is 402 g/mol. The number of amides is 1. The smallest absolute Gasteiger partial charge is 0.262 e. The van der Waals surface area contributed by atoms with Crippen molar-refractivity contribution in [2.24, 2.45) is 7.05 Å². The second-order valence-corrected chi connectivity index (χ2v) is 6.44. The Balaban J connectivity index is 0.00000117. The third kappa shape index (κ3) is 4.31. The van der Waals surface area contributed by atoms with Crippen LogP contribution in [0, 0.1) is 17.6 Å². The molecule has 1 aliphatic rings. The van der Waals surface area contributed by atoms with Crippen LogP contribution in [0.4, 0.5) is 19.0 Å². The lowest BCUT2D eigenvalue weighted by molar-refractivity contribution is 0.101. The number of hydrogen-bond donors (Lipinski definition) is 1. The predicted octanol–water partition coefficient (Wildman–Crippen LogP) is 5.06. The highest BCUT2D eigenvalue weighted by atomic mass is 19.1. The summed E-state index contributed by atoms with van der Waals surface area (Å²) in [6.07, 6.45) is 2.16. The van der Waals surface area contributed by atoms with Gasteiger partial charge in [-0.25, -0.2) is 13.8 Å². The number of rotatable bonds is 4. The predicted molar refractivity (Wildman–Crippen MR) is 104 cm³/mol. The lowest BCUT2D eigenvalue weighted by Gasteiger charge is -2.08. The molecule has 1 aromatic carbocycles. The molecule has 4 rings (SSSR count). The Bertz CT molecular complexity index is 1020. The van der Waals surface area contributed by atoms with Crippen molar-refractivity contribution in [1.82, 2.24) is 14.8 Å². The normalized spacial score (nSPS) is 12.9. The van der Waals surface area contributed by atoms with Crippen molar-refractivity contribution in [2.45, 2.75) is 32.6 Å². The lowest BCUT2D eigenvalue weighted by Crippen LogP contribution is -2.17. The van der Waals surface area contributed by atoms with Crippen LogP contribution >= 0.6 is 0 Å². The molecule has 5 nitrogen and oxygen atoms in total. The summed E-state index contributed by atoms with van der Waals surface area (Å²) in [6, 6.07) is 7.73. The first-order valence-corrected chi connectivity index (χ1v) is 9.40. The zero-order valence-corrected chi connectivity index (χ0v) is 16.3. The molecule has 0 atom stereocenters. The van der Waals surface area contributed by atoms with Gasteiger partial charge in [-0.15, -0.1) is 0 Å². The van der Waals surface area contributed by atoms with Gasteiger partial charge in [0.15, 0.2) is 0 Å². The van der Waals surface area contributed by atoms with Crippen molar-refractivity contribution in [3.05, 3.63) is 65.2 Å². The van der Waals surface area contributed by atoms with E-state index in [1.54, 1.807) is 11.7 Å². The van der Waals surface area contributed by atoms with E-state index in [2.05, 4.69) is 15.4 Å². The van der Waals surface area contributed by atoms with E-state index >= 15 is 0 Å². The van der Waals surface area contributed by atoms with E-state index < -0.39 is 29.1 Å². The zero-order valence-electron chi connectivity index (χ0n) is 16.3. The highest BCUT2D eigenvalue weighted by Crippen LogP contribution is 2.40. The first-order valence-electron chi connectivity index (χ1n) is 9.40. The molecule has 0 aliphatic heterocycles. The van der Waals surface area contributed by atoms with E-state index in [0.717, 1.165) is 36.7 Å². The van der Waals surface area contributed by atoms with Gasteiger partial charge in [-0.05, 0) is 43.2 Å². The quantitative estimate of drug-likeness (QED) is 0.621. The molecule has 3 aromatic rings. The molecule has 1 amide bonds. The molecule has 0 saturated heterocycles. The largest absolute Gasteiger partial charge is 0.306 e. The first-order chi connectivity index (χ1) is 13.9. The Morgan fingerprint density at radius 1 is 1.10 bits per heavy atom. The highest BCUT2D eigenvalue weighted by Gasteiger charge is 2.27. The number of carbonyl (C=O) groups excluding carboxylic acids is 1. The van der Waals surface area contributed by atoms with Crippen molar-refractivity contribution in [3.63, 3.8) is 0 Å². The molecule has 2 heterocycles. The summed E-state index contributed by atoms with van der Waals surface area (Å²) in [5, 5.41) is 6.60. The van der Waals surface area contributed by atoms with E-state index in [9.17, 15) is 18.0 Å². The number of halogens is 3. The summed E-state index contributed by atoms with van der Waals surface area (Å²) in [7, 11) is 1.72. The average Bonchev–Trinajstić information content (AvgIpc) is 3.46. The topological polar surface area (TPSA) is 59.8 Å². The third-order valence-electron chi connectivity index (χ3n) is 4.45. The molecule has 1 saturated carbocycles. The van der Waals surface area contributed by atoms with Crippen molar-refractivity contribution in [1.29, 1.82) is 0 Å². The van der Waals surface area contributed by atoms with Gasteiger partial charge in [-0.2, -0.15) is 9.49 Å². The standard InChI is InChI=1S/C19H15F3N4O.C2H6/c1-26-15(9-14(25-26)10-5-6-10)11-7-8-16(23-18(11)22)24-19(27)17-12(20)3-2-4-13(17)21;1-2/h2-4,7-10H,5-6H2,1H3,(H,23,24,27);1-2H3. The van der Waals surface area contributed by atoms with E-state index in [1.807, 2.05) is 19.9 Å². The molecular weight excluding hydrogens is 381 g/mol. The van der Waals surface area contributed by atoms with Crippen LogP contribution in [0.25, 0.3) is 11.3 Å². The van der Waals surface area contributed by atoms with Crippen LogP contribution in [0.1, 0.15) is 48.7 Å². The Morgan fingerprint density at radius 3 is 2.34 bits per heavy atom. The van der Waals surface area contributed by atoms with Crippen LogP contribution in [0.5, 0.6) is 0 Å². The number of aromatic nitrogens is 3. The highest BCUT2D eigenvalue weighted by molar-refractivity contribution is 6.04. The number of benzene rings is 1. The van der Waals surface area contributed by atoms with Gasteiger partial charge < -0.3 is 5.32 Å². The molecule has 0 radical (unpaired) electrons. The van der Waals surface area contributed by atoms with Gasteiger partial charge >= 0.3 is 0 Å². The first kappa shape index (κ1) is 20.6. The monoisotopic (exact) mass is 402 g/mol. The Labute approximate surface area is 166 Å². The minimum atomic E-state index is -1.04. The maximum atomic E-state index is 14.5. The molecule has 0 spiro atoms. The molecular formula is C21H21F3N4O. The number of nitrogens with one attached hydrogen (secondary N) is 1. The van der Waals surface area contributed by atoms with Gasteiger partial charge in [0.25, 0.3) is 5.91 Å². The summed E-state index contributed by atoms with van der Waals surface area (Å²) >= 11 is 0. The fourth-order valence-corrected chi connectivity index (χ4v) is 2.91. The zero-order chi connectivity index (χ0) is 21.1. The molecule has 8 heteroatoms. The fraction of sp³-hybridized carbons (Fsp3) is 0.286. The van der Waals surface area contributed by atoms with Crippen LogP contribution in [-0.4, -0.2) is 20.7 Å². The second-order valence-electron chi connectivity index (χ2n) is 6.44. The van der Waals surface area contributed by atoms with Gasteiger partial charge in [-0.3, -0.25) is 9.48 Å². The lowest BCUT2D eigenvalue weighted by atomic mass is 10.1. The summed E-state index contributed by atoms with van der Waals surface area (Å²) < 4.78 is 43.4. The van der Waals surface area contributed by atoms with Crippen molar-refractivity contribution < 1.29 is 18.0 Å². The molecule has 2 aromatic heterocycles. The van der Waals surface area contributed by atoms with E-state index in [-0.39, 0.29) is 11.4 Å². The second kappa shape index (κ2) is 8.46. The number of pyridine rings is 1. The van der Waals surface area contributed by atoms with Crippen molar-refractivity contribution in [2.75, 3.05) is 5.32 Å². The van der Waals surface area contributed by atoms with Gasteiger partial charge in [0.2, 0.25) is 5.95 Å². The van der Waals surface area contributed by atoms with Crippen LogP contribution in [-0.2, 0) is 7.05 Å². The maximum Gasteiger partial charge on any atom is 0.262 e. The Hall–Kier alpha value is -3.16. The number of aryl methyl sites for hydroxylation is 1. The molecule has 1 fully saturated rings. The maximum absolute atomic E-state index is 14.5. The van der Waals surface area contributed by atoms with Crippen LogP contribution in [0.2, 0.25) is 0 Å². The van der Waals surface area contributed by atoms with E-state index in [4.69, 9.17) is 0 Å². The molecule has 1 N–H and O–H groups in total. The van der Waals surface area contributed by atoms with Gasteiger partial charge in [-0.1, -0.05) is 19.9 Å². The van der Waals surface area contributed by atoms with Crippen LogP contribution < -0.4 is 5.32 Å². The molecule has 152 valence electrons. The van der Waals surface area contributed by atoms with Gasteiger partial charge in [0, 0.05) is 13.0 Å². The Kier molecular flexibility index (Phi) is 6.00. The van der Waals surface area contributed by atoms with E-state index in [0.29, 0.717) is 11.6 Å². The van der Waals surface area contributed by atoms with Crippen LogP contribution in [0.15, 0.2) is 36.4 Å². The number of anilines is 1. The SMILES string of the molecule is CC.Cn1nc(C2CC2)cc1-c1ccc(NC(=O)c2c(F)cccc2F)nc1F. The molecule has 29 heavy (non-hydrogen) atoms. The third-order valence-corrected chi connectivity index (χ3v) is 4.45. The summed E-state index contributed by atoms with van der Waals surface area (Å²) in [4.78, 5) is 15.8. The minimum absolute atomic E-state index is 0.145. The molecule has 0 unspecified atom stereocenters. The molecule has 0 bridgehead atoms. The summed E-state index contributed by atoms with van der Waals surface area (Å²) in [6.45, 7) is 4.00.